The van der Waals surface area contributed by atoms with E-state index >= 15 is 0 Å². The molecule has 1 aromatic carbocycles. The van der Waals surface area contributed by atoms with E-state index in [1.165, 1.54) is 23.3 Å². The zero-order valence-electron chi connectivity index (χ0n) is 18.6. The molecule has 2 amide bonds. The Morgan fingerprint density at radius 3 is 2.52 bits per heavy atom. The Balaban J connectivity index is 1.14. The first-order valence-corrected chi connectivity index (χ1v) is 11.8. The molecule has 0 bridgehead atoms. The second-order valence-corrected chi connectivity index (χ2v) is 8.82. The van der Waals surface area contributed by atoms with Crippen LogP contribution in [0.15, 0.2) is 59.2 Å². The van der Waals surface area contributed by atoms with Crippen molar-refractivity contribution in [3.8, 4) is 5.75 Å². The van der Waals surface area contributed by atoms with Crippen molar-refractivity contribution in [2.24, 2.45) is 0 Å². The van der Waals surface area contributed by atoms with Gasteiger partial charge in [0.25, 0.3) is 11.8 Å². The van der Waals surface area contributed by atoms with Crippen molar-refractivity contribution in [1.82, 2.24) is 10.2 Å². The van der Waals surface area contributed by atoms with Gasteiger partial charge in [-0.1, -0.05) is 0 Å². The number of amides is 2. The van der Waals surface area contributed by atoms with Gasteiger partial charge in [0.2, 0.25) is 0 Å². The Labute approximate surface area is 197 Å². The summed E-state index contributed by atoms with van der Waals surface area (Å²) in [6, 6.07) is 14.9. The number of carbonyl (C=O) groups excluding carboxylic acids is 2. The molecule has 0 unspecified atom stereocenters. The van der Waals surface area contributed by atoms with Gasteiger partial charge in [-0.3, -0.25) is 14.5 Å². The molecule has 0 saturated carbocycles. The Bertz CT molecular complexity index is 1040. The van der Waals surface area contributed by atoms with E-state index in [4.69, 9.17) is 9.15 Å². The standard InChI is InChI=1S/C24H28N4O4S/c1-31-19-7-5-18(6-8-19)28-15-13-27(14-16-28)12-3-11-25-24(30)21-9-10-22(33-21)26-23(29)20-4-2-17-32-20/h2,4-10,17H,3,11-16H2,1H3,(H,25,30)(H,26,29). The van der Waals surface area contributed by atoms with Crippen LogP contribution < -0.4 is 20.3 Å². The quantitative estimate of drug-likeness (QED) is 0.467. The molecule has 3 heterocycles. The number of benzene rings is 1. The van der Waals surface area contributed by atoms with Gasteiger partial charge in [-0.15, -0.1) is 11.3 Å². The monoisotopic (exact) mass is 468 g/mol. The van der Waals surface area contributed by atoms with Gasteiger partial charge in [0.05, 0.1) is 23.3 Å². The molecular formula is C24H28N4O4S. The third kappa shape index (κ3) is 6.15. The van der Waals surface area contributed by atoms with E-state index in [9.17, 15) is 9.59 Å². The molecule has 0 radical (unpaired) electrons. The van der Waals surface area contributed by atoms with Crippen molar-refractivity contribution >= 4 is 33.8 Å². The summed E-state index contributed by atoms with van der Waals surface area (Å²) in [6.07, 6.45) is 2.34. The molecule has 0 spiro atoms. The lowest BCUT2D eigenvalue weighted by Gasteiger charge is -2.36. The van der Waals surface area contributed by atoms with E-state index in [0.29, 0.717) is 16.4 Å². The summed E-state index contributed by atoms with van der Waals surface area (Å²) < 4.78 is 10.3. The molecule has 1 aliphatic rings. The molecule has 33 heavy (non-hydrogen) atoms. The number of carbonyl (C=O) groups is 2. The Morgan fingerprint density at radius 1 is 1.03 bits per heavy atom. The number of thiophene rings is 1. The van der Waals surface area contributed by atoms with Gasteiger partial charge in [-0.25, -0.2) is 0 Å². The molecule has 4 rings (SSSR count). The largest absolute Gasteiger partial charge is 0.497 e. The summed E-state index contributed by atoms with van der Waals surface area (Å²) in [7, 11) is 1.68. The predicted octanol–water partition coefficient (Wildman–Crippen LogP) is 3.54. The molecule has 174 valence electrons. The minimum absolute atomic E-state index is 0.122. The molecule has 8 nitrogen and oxygen atoms in total. The minimum Gasteiger partial charge on any atom is -0.497 e. The molecule has 1 saturated heterocycles. The van der Waals surface area contributed by atoms with Crippen LogP contribution in [-0.4, -0.2) is 63.1 Å². The molecule has 3 aromatic rings. The number of nitrogens with zero attached hydrogens (tertiary/aromatic N) is 2. The minimum atomic E-state index is -0.333. The smallest absolute Gasteiger partial charge is 0.291 e. The third-order valence-electron chi connectivity index (χ3n) is 5.56. The van der Waals surface area contributed by atoms with Gasteiger partial charge in [-0.2, -0.15) is 0 Å². The number of ether oxygens (including phenoxy) is 1. The van der Waals surface area contributed by atoms with Crippen LogP contribution in [0.2, 0.25) is 0 Å². The van der Waals surface area contributed by atoms with Crippen LogP contribution in [0.1, 0.15) is 26.6 Å². The van der Waals surface area contributed by atoms with E-state index in [0.717, 1.165) is 44.9 Å². The van der Waals surface area contributed by atoms with Gasteiger partial charge in [0.1, 0.15) is 5.75 Å². The van der Waals surface area contributed by atoms with Crippen molar-refractivity contribution in [2.75, 3.05) is 56.6 Å². The number of methoxy groups -OCH3 is 1. The van der Waals surface area contributed by atoms with E-state index in [1.807, 2.05) is 12.1 Å². The van der Waals surface area contributed by atoms with Gasteiger partial charge in [-0.05, 0) is 61.5 Å². The van der Waals surface area contributed by atoms with Crippen LogP contribution in [0.3, 0.4) is 0 Å². The first-order valence-electron chi connectivity index (χ1n) is 11.0. The van der Waals surface area contributed by atoms with Crippen LogP contribution in [0.5, 0.6) is 5.75 Å². The highest BCUT2D eigenvalue weighted by molar-refractivity contribution is 7.18. The van der Waals surface area contributed by atoms with Gasteiger partial charge >= 0.3 is 0 Å². The number of furan rings is 1. The maximum absolute atomic E-state index is 12.4. The SMILES string of the molecule is COc1ccc(N2CCN(CCCNC(=O)c3ccc(NC(=O)c4ccco4)s3)CC2)cc1. The first-order chi connectivity index (χ1) is 16.1. The van der Waals surface area contributed by atoms with Crippen molar-refractivity contribution in [1.29, 1.82) is 0 Å². The number of hydrogen-bond acceptors (Lipinski definition) is 7. The zero-order chi connectivity index (χ0) is 23.0. The highest BCUT2D eigenvalue weighted by Gasteiger charge is 2.17. The number of anilines is 2. The molecular weight excluding hydrogens is 440 g/mol. The van der Waals surface area contributed by atoms with Crippen LogP contribution in [0.25, 0.3) is 0 Å². The van der Waals surface area contributed by atoms with Crippen LogP contribution >= 0.6 is 11.3 Å². The number of piperazine rings is 1. The van der Waals surface area contributed by atoms with E-state index in [1.54, 1.807) is 31.4 Å². The van der Waals surface area contributed by atoms with Crippen LogP contribution in [0.4, 0.5) is 10.7 Å². The maximum atomic E-state index is 12.4. The molecule has 2 aromatic heterocycles. The number of rotatable bonds is 9. The summed E-state index contributed by atoms with van der Waals surface area (Å²) in [4.78, 5) is 29.8. The Hall–Kier alpha value is -3.30. The lowest BCUT2D eigenvalue weighted by atomic mass is 10.2. The van der Waals surface area contributed by atoms with Crippen LogP contribution in [0, 0.1) is 0 Å². The number of nitrogens with one attached hydrogen (secondary N) is 2. The van der Waals surface area contributed by atoms with Crippen molar-refractivity contribution < 1.29 is 18.7 Å². The van der Waals surface area contributed by atoms with Crippen molar-refractivity contribution in [3.63, 3.8) is 0 Å². The normalized spacial score (nSPS) is 14.2. The molecule has 0 atom stereocenters. The maximum Gasteiger partial charge on any atom is 0.291 e. The lowest BCUT2D eigenvalue weighted by Crippen LogP contribution is -2.47. The topological polar surface area (TPSA) is 87.0 Å². The van der Waals surface area contributed by atoms with Gasteiger partial charge in [0.15, 0.2) is 5.76 Å². The van der Waals surface area contributed by atoms with E-state index < -0.39 is 0 Å². The lowest BCUT2D eigenvalue weighted by molar-refractivity contribution is 0.0954. The second kappa shape index (κ2) is 11.0. The van der Waals surface area contributed by atoms with Crippen molar-refractivity contribution in [3.05, 3.63) is 65.4 Å². The molecule has 1 aliphatic heterocycles. The summed E-state index contributed by atoms with van der Waals surface area (Å²) in [5.74, 6) is 0.653. The summed E-state index contributed by atoms with van der Waals surface area (Å²) in [6.45, 7) is 5.54. The first kappa shape index (κ1) is 22.9. The Morgan fingerprint density at radius 2 is 1.82 bits per heavy atom. The van der Waals surface area contributed by atoms with Gasteiger partial charge < -0.3 is 24.7 Å². The van der Waals surface area contributed by atoms with Crippen molar-refractivity contribution in [2.45, 2.75) is 6.42 Å². The second-order valence-electron chi connectivity index (χ2n) is 7.73. The van der Waals surface area contributed by atoms with E-state index in [2.05, 4.69) is 32.6 Å². The number of hydrogen-bond donors (Lipinski definition) is 2. The highest BCUT2D eigenvalue weighted by Crippen LogP contribution is 2.23. The third-order valence-corrected chi connectivity index (χ3v) is 6.56. The summed E-state index contributed by atoms with van der Waals surface area (Å²) in [5, 5.41) is 6.32. The van der Waals surface area contributed by atoms with Crippen LogP contribution in [-0.2, 0) is 0 Å². The summed E-state index contributed by atoms with van der Waals surface area (Å²) >= 11 is 1.24. The predicted molar refractivity (Wildman–Crippen MR) is 130 cm³/mol. The molecule has 9 heteroatoms. The molecule has 2 N–H and O–H groups in total. The zero-order valence-corrected chi connectivity index (χ0v) is 19.4. The van der Waals surface area contributed by atoms with E-state index in [-0.39, 0.29) is 17.6 Å². The average molecular weight is 469 g/mol. The Kier molecular flexibility index (Phi) is 7.64. The fraction of sp³-hybridized carbons (Fsp3) is 0.333. The highest BCUT2D eigenvalue weighted by atomic mass is 32.1. The average Bonchev–Trinajstić information content (AvgIpc) is 3.55. The fourth-order valence-corrected chi connectivity index (χ4v) is 4.54. The van der Waals surface area contributed by atoms with Gasteiger partial charge in [0, 0.05) is 38.4 Å². The fourth-order valence-electron chi connectivity index (χ4n) is 3.72. The molecule has 1 fully saturated rings. The molecule has 0 aliphatic carbocycles. The summed E-state index contributed by atoms with van der Waals surface area (Å²) in [5.41, 5.74) is 1.22.